The Hall–Kier alpha value is -1.94. The van der Waals surface area contributed by atoms with Crippen LogP contribution >= 0.6 is 0 Å². The van der Waals surface area contributed by atoms with E-state index in [0.717, 1.165) is 5.56 Å². The highest BCUT2D eigenvalue weighted by molar-refractivity contribution is 5.95. The van der Waals surface area contributed by atoms with Crippen LogP contribution in [0.4, 0.5) is 0 Å². The van der Waals surface area contributed by atoms with Crippen LogP contribution in [0.5, 0.6) is 0 Å². The summed E-state index contributed by atoms with van der Waals surface area (Å²) in [5.74, 6) is -0.879. The Morgan fingerprint density at radius 2 is 2.00 bits per heavy atom. The maximum Gasteiger partial charge on any atom is 0.313 e. The number of ether oxygens (including phenoxy) is 1. The summed E-state index contributed by atoms with van der Waals surface area (Å²) in [6, 6.07) is 9.46. The van der Waals surface area contributed by atoms with Crippen LogP contribution < -0.4 is 0 Å². The summed E-state index contributed by atoms with van der Waals surface area (Å²) >= 11 is 0. The molecule has 0 fully saturated rings. The highest BCUT2D eigenvalue weighted by Crippen LogP contribution is 2.05. The third-order valence-electron chi connectivity index (χ3n) is 2.39. The van der Waals surface area contributed by atoms with Crippen molar-refractivity contribution in [1.82, 2.24) is 0 Å². The Kier molecular flexibility index (Phi) is 6.53. The zero-order valence-electron chi connectivity index (χ0n) is 10.9. The molecule has 0 radical (unpaired) electrons. The number of hydrogen-bond donors (Lipinski definition) is 1. The Morgan fingerprint density at radius 3 is 2.63 bits per heavy atom. The second-order valence-electron chi connectivity index (χ2n) is 4.06. The number of benzene rings is 1. The van der Waals surface area contributed by atoms with Crippen LogP contribution in [0.2, 0.25) is 0 Å². The van der Waals surface area contributed by atoms with Crippen LogP contribution in [0.3, 0.4) is 0 Å². The van der Waals surface area contributed by atoms with Crippen LogP contribution in [0.25, 0.3) is 6.08 Å². The average Bonchev–Trinajstić information content (AvgIpc) is 2.37. The van der Waals surface area contributed by atoms with Gasteiger partial charge in [-0.25, -0.2) is 0 Å². The molecule has 0 amide bonds. The van der Waals surface area contributed by atoms with E-state index in [1.54, 1.807) is 19.1 Å². The second kappa shape index (κ2) is 8.21. The number of hydrogen-bond acceptors (Lipinski definition) is 4. The lowest BCUT2D eigenvalue weighted by Gasteiger charge is -2.04. The van der Waals surface area contributed by atoms with Gasteiger partial charge in [-0.1, -0.05) is 42.5 Å². The zero-order valence-corrected chi connectivity index (χ0v) is 10.9. The predicted octanol–water partition coefficient (Wildman–Crippen LogP) is 1.97. The molecule has 1 atom stereocenters. The molecular weight excluding hydrogens is 244 g/mol. The van der Waals surface area contributed by atoms with Crippen molar-refractivity contribution in [3.8, 4) is 0 Å². The maximum absolute atomic E-state index is 11.5. The Balaban J connectivity index is 2.38. The van der Waals surface area contributed by atoms with Gasteiger partial charge in [0.15, 0.2) is 0 Å². The van der Waals surface area contributed by atoms with Crippen molar-refractivity contribution in [2.24, 2.45) is 0 Å². The molecule has 0 saturated carbocycles. The molecule has 0 aliphatic carbocycles. The van der Waals surface area contributed by atoms with Gasteiger partial charge in [-0.3, -0.25) is 9.59 Å². The van der Waals surface area contributed by atoms with Crippen molar-refractivity contribution >= 4 is 17.8 Å². The van der Waals surface area contributed by atoms with Crippen molar-refractivity contribution in [2.45, 2.75) is 25.9 Å². The number of aliphatic hydroxyl groups excluding tert-OH is 1. The van der Waals surface area contributed by atoms with E-state index in [0.29, 0.717) is 0 Å². The lowest BCUT2D eigenvalue weighted by Crippen LogP contribution is -2.16. The Labute approximate surface area is 112 Å². The molecule has 0 unspecified atom stereocenters. The lowest BCUT2D eigenvalue weighted by molar-refractivity contribution is -0.145. The Bertz CT molecular complexity index is 437. The largest absolute Gasteiger partial charge is 0.466 e. The van der Waals surface area contributed by atoms with Gasteiger partial charge in [0.2, 0.25) is 0 Å². The number of carbonyl (C=O) groups excluding carboxylic acids is 2. The Morgan fingerprint density at radius 1 is 1.32 bits per heavy atom. The fraction of sp³-hybridized carbons (Fsp3) is 0.333. The minimum Gasteiger partial charge on any atom is -0.466 e. The van der Waals surface area contributed by atoms with Crippen LogP contribution in [0.1, 0.15) is 25.3 Å². The smallest absolute Gasteiger partial charge is 0.313 e. The van der Waals surface area contributed by atoms with E-state index >= 15 is 0 Å². The second-order valence-corrected chi connectivity index (χ2v) is 4.06. The van der Waals surface area contributed by atoms with Crippen LogP contribution in [-0.2, 0) is 14.3 Å². The van der Waals surface area contributed by atoms with E-state index in [9.17, 15) is 14.7 Å². The summed E-state index contributed by atoms with van der Waals surface area (Å²) in [6.07, 6.45) is 2.02. The van der Waals surface area contributed by atoms with Gasteiger partial charge in [-0.15, -0.1) is 0 Å². The van der Waals surface area contributed by atoms with Crippen molar-refractivity contribution in [3.05, 3.63) is 42.0 Å². The van der Waals surface area contributed by atoms with Crippen LogP contribution in [0.15, 0.2) is 36.4 Å². The molecule has 0 aromatic heterocycles. The molecule has 0 spiro atoms. The van der Waals surface area contributed by atoms with Crippen molar-refractivity contribution < 1.29 is 19.4 Å². The minimum absolute atomic E-state index is 0.0812. The number of esters is 1. The molecule has 1 aromatic carbocycles. The van der Waals surface area contributed by atoms with Crippen molar-refractivity contribution in [1.29, 1.82) is 0 Å². The van der Waals surface area contributed by atoms with Gasteiger partial charge >= 0.3 is 5.97 Å². The topological polar surface area (TPSA) is 63.6 Å². The third kappa shape index (κ3) is 6.52. The molecule has 4 heteroatoms. The predicted molar refractivity (Wildman–Crippen MR) is 72.4 cm³/mol. The van der Waals surface area contributed by atoms with Gasteiger partial charge in [-0.05, 0) is 12.5 Å². The van der Waals surface area contributed by atoms with Crippen LogP contribution in [-0.4, -0.2) is 29.6 Å². The third-order valence-corrected chi connectivity index (χ3v) is 2.39. The van der Waals surface area contributed by atoms with E-state index in [4.69, 9.17) is 0 Å². The molecule has 102 valence electrons. The standard InChI is InChI=1S/C15H18O4/c1-2-19-15(18)11-14(17)10-13(16)9-8-12-6-4-3-5-7-12/h3-9,13,16H,2,10-11H2,1H3/t13-/m0/s1. The molecule has 0 saturated heterocycles. The van der Waals surface area contributed by atoms with Gasteiger partial charge in [0.05, 0.1) is 12.7 Å². The van der Waals surface area contributed by atoms with Gasteiger partial charge in [0.1, 0.15) is 12.2 Å². The quantitative estimate of drug-likeness (QED) is 0.603. The van der Waals surface area contributed by atoms with E-state index in [-0.39, 0.29) is 25.2 Å². The molecule has 0 aliphatic heterocycles. The van der Waals surface area contributed by atoms with Crippen molar-refractivity contribution in [2.75, 3.05) is 6.61 Å². The molecule has 0 bridgehead atoms. The SMILES string of the molecule is CCOC(=O)CC(=O)C[C@@H](O)C=Cc1ccccc1. The number of rotatable bonds is 7. The number of Topliss-reactive ketones (excluding diaryl/α,β-unsaturated/α-hetero) is 1. The highest BCUT2D eigenvalue weighted by Gasteiger charge is 2.13. The van der Waals surface area contributed by atoms with Gasteiger partial charge < -0.3 is 9.84 Å². The number of aliphatic hydroxyl groups is 1. The summed E-state index contributed by atoms with van der Waals surface area (Å²) in [5, 5.41) is 9.66. The molecular formula is C15H18O4. The van der Waals surface area contributed by atoms with E-state index < -0.39 is 12.1 Å². The first-order chi connectivity index (χ1) is 9.11. The van der Waals surface area contributed by atoms with E-state index in [2.05, 4.69) is 4.74 Å². The molecule has 1 aromatic rings. The monoisotopic (exact) mass is 262 g/mol. The zero-order chi connectivity index (χ0) is 14.1. The maximum atomic E-state index is 11.5. The molecule has 4 nitrogen and oxygen atoms in total. The fourth-order valence-corrected chi connectivity index (χ4v) is 1.53. The summed E-state index contributed by atoms with van der Waals surface area (Å²) < 4.78 is 4.66. The molecule has 0 aliphatic rings. The van der Waals surface area contributed by atoms with E-state index in [1.165, 1.54) is 0 Å². The minimum atomic E-state index is -0.887. The summed E-state index contributed by atoms with van der Waals surface area (Å²) in [7, 11) is 0. The molecule has 0 heterocycles. The number of carbonyl (C=O) groups is 2. The summed E-state index contributed by atoms with van der Waals surface area (Å²) in [5.41, 5.74) is 0.944. The molecule has 19 heavy (non-hydrogen) atoms. The first kappa shape index (κ1) is 15.1. The normalized spacial score (nSPS) is 12.3. The molecule has 1 N–H and O–H groups in total. The van der Waals surface area contributed by atoms with Gasteiger partial charge in [0.25, 0.3) is 0 Å². The van der Waals surface area contributed by atoms with Crippen LogP contribution in [0, 0.1) is 0 Å². The van der Waals surface area contributed by atoms with Gasteiger partial charge in [-0.2, -0.15) is 0 Å². The summed E-state index contributed by atoms with van der Waals surface area (Å²) in [6.45, 7) is 1.93. The highest BCUT2D eigenvalue weighted by atomic mass is 16.5. The van der Waals surface area contributed by atoms with E-state index in [1.807, 2.05) is 30.3 Å². The molecule has 1 rings (SSSR count). The first-order valence-corrected chi connectivity index (χ1v) is 6.20. The lowest BCUT2D eigenvalue weighted by atomic mass is 10.1. The van der Waals surface area contributed by atoms with Crippen molar-refractivity contribution in [3.63, 3.8) is 0 Å². The first-order valence-electron chi connectivity index (χ1n) is 6.20. The summed E-state index contributed by atoms with van der Waals surface area (Å²) in [4.78, 5) is 22.5. The number of ketones is 1. The fourth-order valence-electron chi connectivity index (χ4n) is 1.53. The average molecular weight is 262 g/mol. The van der Waals surface area contributed by atoms with Gasteiger partial charge in [0, 0.05) is 6.42 Å².